The highest BCUT2D eigenvalue weighted by molar-refractivity contribution is 7.89. The highest BCUT2D eigenvalue weighted by Crippen LogP contribution is 2.28. The average Bonchev–Trinajstić information content (AvgIpc) is 2.83. The largest absolute Gasteiger partial charge is 0.355 e. The van der Waals surface area contributed by atoms with Crippen LogP contribution in [0.2, 0.25) is 10.0 Å². The van der Waals surface area contributed by atoms with Gasteiger partial charge in [-0.25, -0.2) is 13.1 Å². The molecule has 0 unspecified atom stereocenters. The topological polar surface area (TPSA) is 73.8 Å². The molecule has 0 saturated heterocycles. The van der Waals surface area contributed by atoms with Crippen LogP contribution in [0.5, 0.6) is 0 Å². The molecule has 0 aliphatic carbocycles. The summed E-state index contributed by atoms with van der Waals surface area (Å²) in [6.45, 7) is 2.27. The van der Waals surface area contributed by atoms with Gasteiger partial charge < -0.3 is 10.2 Å². The number of sulfonamides is 1. The molecule has 1 aliphatic heterocycles. The summed E-state index contributed by atoms with van der Waals surface area (Å²) in [6.07, 6.45) is 0. The molecule has 2 rings (SSSR count). The standard InChI is InChI=1S/C12H16Cl2N4O2S/c1-18-8-7-16-12(18)15-5-6-17-21(19,20)10-4-2-3-9(13)11(10)14/h2-4,17H,5-8H2,1H3,(H,15,16). The quantitative estimate of drug-likeness (QED) is 0.781. The Morgan fingerprint density at radius 1 is 1.33 bits per heavy atom. The van der Waals surface area contributed by atoms with Gasteiger partial charge in [0.15, 0.2) is 5.96 Å². The first-order chi connectivity index (χ1) is 9.92. The number of guanidine groups is 1. The number of nitrogens with zero attached hydrogens (tertiary/aromatic N) is 2. The minimum Gasteiger partial charge on any atom is -0.355 e. The summed E-state index contributed by atoms with van der Waals surface area (Å²) in [5.41, 5.74) is 0. The van der Waals surface area contributed by atoms with Crippen LogP contribution >= 0.6 is 23.2 Å². The highest BCUT2D eigenvalue weighted by atomic mass is 35.5. The molecule has 21 heavy (non-hydrogen) atoms. The summed E-state index contributed by atoms with van der Waals surface area (Å²) in [6, 6.07) is 4.50. The molecule has 2 N–H and O–H groups in total. The van der Waals surface area contributed by atoms with Gasteiger partial charge in [0.1, 0.15) is 4.90 Å². The summed E-state index contributed by atoms with van der Waals surface area (Å²) in [7, 11) is -1.76. The monoisotopic (exact) mass is 350 g/mol. The van der Waals surface area contributed by atoms with Gasteiger partial charge in [-0.3, -0.25) is 4.99 Å². The van der Waals surface area contributed by atoms with Crippen molar-refractivity contribution in [1.82, 2.24) is 14.9 Å². The fourth-order valence-corrected chi connectivity index (χ4v) is 3.64. The molecule has 1 heterocycles. The highest BCUT2D eigenvalue weighted by Gasteiger charge is 2.19. The van der Waals surface area contributed by atoms with E-state index in [1.165, 1.54) is 6.07 Å². The number of rotatable bonds is 5. The van der Waals surface area contributed by atoms with Crippen molar-refractivity contribution in [2.45, 2.75) is 4.90 Å². The molecule has 6 nitrogen and oxygen atoms in total. The lowest BCUT2D eigenvalue weighted by atomic mass is 10.4. The summed E-state index contributed by atoms with van der Waals surface area (Å²) in [5, 5.41) is 3.31. The van der Waals surface area contributed by atoms with Gasteiger partial charge in [-0.2, -0.15) is 0 Å². The van der Waals surface area contributed by atoms with E-state index in [2.05, 4.69) is 15.0 Å². The fraction of sp³-hybridized carbons (Fsp3) is 0.417. The van der Waals surface area contributed by atoms with Crippen LogP contribution in [0.4, 0.5) is 0 Å². The molecule has 116 valence electrons. The molecular formula is C12H16Cl2N4O2S. The van der Waals surface area contributed by atoms with Gasteiger partial charge in [-0.1, -0.05) is 29.3 Å². The van der Waals surface area contributed by atoms with E-state index in [1.807, 2.05) is 11.9 Å². The van der Waals surface area contributed by atoms with Crippen LogP contribution in [-0.2, 0) is 10.0 Å². The number of likely N-dealkylation sites (N-methyl/N-ethyl adjacent to an activating group) is 1. The van der Waals surface area contributed by atoms with Crippen LogP contribution in [-0.4, -0.2) is 52.5 Å². The Labute approximate surface area is 134 Å². The van der Waals surface area contributed by atoms with Gasteiger partial charge in [-0.05, 0) is 12.1 Å². The first-order valence-electron chi connectivity index (χ1n) is 6.35. The van der Waals surface area contributed by atoms with E-state index in [1.54, 1.807) is 12.1 Å². The van der Waals surface area contributed by atoms with E-state index in [4.69, 9.17) is 23.2 Å². The number of aliphatic imine (C=N–C) groups is 1. The van der Waals surface area contributed by atoms with Crippen molar-refractivity contribution in [3.8, 4) is 0 Å². The summed E-state index contributed by atoms with van der Waals surface area (Å²) in [4.78, 5) is 6.20. The maximum atomic E-state index is 12.1. The van der Waals surface area contributed by atoms with E-state index < -0.39 is 10.0 Å². The van der Waals surface area contributed by atoms with Crippen molar-refractivity contribution in [3.05, 3.63) is 28.2 Å². The smallest absolute Gasteiger partial charge is 0.242 e. The maximum Gasteiger partial charge on any atom is 0.242 e. The second-order valence-corrected chi connectivity index (χ2v) is 7.02. The van der Waals surface area contributed by atoms with E-state index in [9.17, 15) is 8.42 Å². The van der Waals surface area contributed by atoms with Crippen LogP contribution in [0.15, 0.2) is 28.1 Å². The number of hydrogen-bond acceptors (Lipinski definition) is 5. The molecule has 0 radical (unpaired) electrons. The lowest BCUT2D eigenvalue weighted by molar-refractivity contribution is 0.533. The van der Waals surface area contributed by atoms with Gasteiger partial charge in [0, 0.05) is 26.7 Å². The normalized spacial score (nSPS) is 15.2. The van der Waals surface area contributed by atoms with Crippen molar-refractivity contribution < 1.29 is 8.42 Å². The molecule has 0 atom stereocenters. The van der Waals surface area contributed by atoms with Gasteiger partial charge in [-0.15, -0.1) is 0 Å². The Morgan fingerprint density at radius 2 is 2.10 bits per heavy atom. The lowest BCUT2D eigenvalue weighted by Gasteiger charge is -2.15. The molecule has 1 aromatic rings. The van der Waals surface area contributed by atoms with E-state index >= 15 is 0 Å². The second kappa shape index (κ2) is 6.83. The van der Waals surface area contributed by atoms with Gasteiger partial charge >= 0.3 is 0 Å². The van der Waals surface area contributed by atoms with Crippen LogP contribution in [0, 0.1) is 0 Å². The summed E-state index contributed by atoms with van der Waals surface area (Å²) >= 11 is 11.7. The summed E-state index contributed by atoms with van der Waals surface area (Å²) in [5.74, 6) is 0.773. The molecule has 1 aliphatic rings. The number of hydrogen-bond donors (Lipinski definition) is 2. The van der Waals surface area contributed by atoms with Gasteiger partial charge in [0.05, 0.1) is 16.6 Å². The van der Waals surface area contributed by atoms with Crippen molar-refractivity contribution in [3.63, 3.8) is 0 Å². The lowest BCUT2D eigenvalue weighted by Crippen LogP contribution is -2.40. The van der Waals surface area contributed by atoms with Crippen LogP contribution < -0.4 is 10.0 Å². The van der Waals surface area contributed by atoms with Crippen molar-refractivity contribution in [2.75, 3.05) is 33.2 Å². The third-order valence-corrected chi connectivity index (χ3v) is 5.40. The SMILES string of the molecule is CN1CCN=C1NCCNS(=O)(=O)c1cccc(Cl)c1Cl. The van der Waals surface area contributed by atoms with E-state index in [-0.39, 0.29) is 21.5 Å². The van der Waals surface area contributed by atoms with Crippen LogP contribution in [0.3, 0.4) is 0 Å². The molecule has 9 heteroatoms. The van der Waals surface area contributed by atoms with Crippen LogP contribution in [0.25, 0.3) is 0 Å². The van der Waals surface area contributed by atoms with Gasteiger partial charge in [0.25, 0.3) is 0 Å². The minimum atomic E-state index is -3.68. The molecule has 0 spiro atoms. The fourth-order valence-electron chi connectivity index (χ4n) is 1.85. The third-order valence-electron chi connectivity index (χ3n) is 2.96. The molecule has 0 fully saturated rings. The van der Waals surface area contributed by atoms with Crippen LogP contribution in [0.1, 0.15) is 0 Å². The number of halogens is 2. The first kappa shape index (κ1) is 16.4. The first-order valence-corrected chi connectivity index (χ1v) is 8.59. The number of benzene rings is 1. The molecule has 0 bridgehead atoms. The molecule has 1 aromatic carbocycles. The predicted molar refractivity (Wildman–Crippen MR) is 84.6 cm³/mol. The average molecular weight is 351 g/mol. The Hall–Kier alpha value is -1.02. The van der Waals surface area contributed by atoms with Crippen molar-refractivity contribution >= 4 is 39.2 Å². The van der Waals surface area contributed by atoms with Crippen molar-refractivity contribution in [1.29, 1.82) is 0 Å². The van der Waals surface area contributed by atoms with E-state index in [0.717, 1.165) is 19.0 Å². The molecular weight excluding hydrogens is 335 g/mol. The third kappa shape index (κ3) is 4.00. The maximum absolute atomic E-state index is 12.1. The Bertz CT molecular complexity index is 649. The molecule has 0 aromatic heterocycles. The minimum absolute atomic E-state index is 0.0213. The zero-order valence-electron chi connectivity index (χ0n) is 11.4. The summed E-state index contributed by atoms with van der Waals surface area (Å²) < 4.78 is 26.8. The zero-order chi connectivity index (χ0) is 15.5. The Balaban J connectivity index is 1.91. The Kier molecular flexibility index (Phi) is 5.32. The second-order valence-electron chi connectivity index (χ2n) is 4.50. The van der Waals surface area contributed by atoms with Crippen molar-refractivity contribution in [2.24, 2.45) is 4.99 Å². The molecule has 0 amide bonds. The van der Waals surface area contributed by atoms with Gasteiger partial charge in [0.2, 0.25) is 10.0 Å². The molecule has 0 saturated carbocycles. The Morgan fingerprint density at radius 3 is 2.76 bits per heavy atom. The zero-order valence-corrected chi connectivity index (χ0v) is 13.8. The number of nitrogens with one attached hydrogen (secondary N) is 2. The predicted octanol–water partition coefficient (Wildman–Crippen LogP) is 1.16. The van der Waals surface area contributed by atoms with E-state index in [0.29, 0.717) is 6.54 Å².